The largest absolute Gasteiger partial charge is 0.197 e. The van der Waals surface area contributed by atoms with Gasteiger partial charge in [-0.1, -0.05) is 29.8 Å². The average Bonchev–Trinajstić information content (AvgIpc) is 2.17. The van der Waals surface area contributed by atoms with E-state index in [-0.39, 0.29) is 5.25 Å². The Morgan fingerprint density at radius 2 is 2.21 bits per heavy atom. The summed E-state index contributed by atoms with van der Waals surface area (Å²) < 4.78 is 0. The highest BCUT2D eigenvalue weighted by Crippen LogP contribution is 2.15. The first-order chi connectivity index (χ1) is 6.76. The van der Waals surface area contributed by atoms with Crippen molar-refractivity contribution in [1.29, 1.82) is 10.5 Å². The van der Waals surface area contributed by atoms with Gasteiger partial charge in [-0.2, -0.15) is 10.5 Å². The fourth-order valence-electron chi connectivity index (χ4n) is 1.23. The van der Waals surface area contributed by atoms with Crippen molar-refractivity contribution in [3.05, 3.63) is 35.4 Å². The summed E-state index contributed by atoms with van der Waals surface area (Å²) in [5, 5.41) is 18.9. The normalized spacial score (nSPS) is 11.4. The molecule has 0 radical (unpaired) electrons. The number of hydrogen-bond donors (Lipinski definition) is 0. The summed E-state index contributed by atoms with van der Waals surface area (Å²) in [6.07, 6.45) is 0.635. The van der Waals surface area contributed by atoms with Crippen LogP contribution < -0.4 is 0 Å². The smallest absolute Gasteiger partial charge is 0.134 e. The maximum absolute atomic E-state index is 8.77. The van der Waals surface area contributed by atoms with E-state index in [1.54, 1.807) is 0 Å². The number of nitrogens with zero attached hydrogens (tertiary/aromatic N) is 2. The van der Waals surface area contributed by atoms with E-state index >= 15 is 0 Å². The van der Waals surface area contributed by atoms with E-state index in [1.165, 1.54) is 5.56 Å². The number of thiocyanates is 1. The van der Waals surface area contributed by atoms with Crippen molar-refractivity contribution in [2.75, 3.05) is 0 Å². The molecule has 1 aromatic carbocycles. The Morgan fingerprint density at radius 1 is 1.43 bits per heavy atom. The highest BCUT2D eigenvalue weighted by atomic mass is 32.2. The lowest BCUT2D eigenvalue weighted by Gasteiger charge is -2.04. The standard InChI is InChI=1S/C11H10N2S/c1-9-3-2-4-10(5-9)6-11(7-12)14-8-13/h2-5,11H,6H2,1H3. The number of rotatable bonds is 3. The van der Waals surface area contributed by atoms with E-state index in [9.17, 15) is 0 Å². The van der Waals surface area contributed by atoms with Crippen molar-refractivity contribution in [2.24, 2.45) is 0 Å². The van der Waals surface area contributed by atoms with Gasteiger partial charge >= 0.3 is 0 Å². The zero-order valence-electron chi connectivity index (χ0n) is 7.90. The molecule has 14 heavy (non-hydrogen) atoms. The minimum absolute atomic E-state index is 0.262. The minimum Gasteiger partial charge on any atom is -0.197 e. The van der Waals surface area contributed by atoms with Crippen molar-refractivity contribution in [3.63, 3.8) is 0 Å². The molecule has 0 saturated carbocycles. The van der Waals surface area contributed by atoms with Crippen LogP contribution in [0.5, 0.6) is 0 Å². The van der Waals surface area contributed by atoms with E-state index in [0.29, 0.717) is 6.42 Å². The molecule has 1 aromatic rings. The third kappa shape index (κ3) is 3.12. The maximum Gasteiger partial charge on any atom is 0.134 e. The molecule has 3 heteroatoms. The second kappa shape index (κ2) is 5.32. The molecule has 0 bridgehead atoms. The quantitative estimate of drug-likeness (QED) is 0.708. The molecular weight excluding hydrogens is 192 g/mol. The first kappa shape index (κ1) is 10.6. The molecule has 0 N–H and O–H groups in total. The Labute approximate surface area is 88.2 Å². The predicted octanol–water partition coefficient (Wildman–Crippen LogP) is 2.64. The summed E-state index contributed by atoms with van der Waals surface area (Å²) in [5.41, 5.74) is 2.29. The van der Waals surface area contributed by atoms with Crippen LogP contribution in [0.1, 0.15) is 11.1 Å². The Kier molecular flexibility index (Phi) is 4.04. The Hall–Kier alpha value is -1.45. The van der Waals surface area contributed by atoms with Crippen LogP contribution in [-0.4, -0.2) is 5.25 Å². The Morgan fingerprint density at radius 3 is 2.79 bits per heavy atom. The van der Waals surface area contributed by atoms with Gasteiger partial charge in [-0.15, -0.1) is 0 Å². The van der Waals surface area contributed by atoms with Crippen LogP contribution in [0.4, 0.5) is 0 Å². The predicted molar refractivity (Wildman–Crippen MR) is 57.5 cm³/mol. The topological polar surface area (TPSA) is 47.6 Å². The van der Waals surface area contributed by atoms with Gasteiger partial charge in [0.1, 0.15) is 10.7 Å². The van der Waals surface area contributed by atoms with Gasteiger partial charge in [0.15, 0.2) is 0 Å². The van der Waals surface area contributed by atoms with Gasteiger partial charge in [0.05, 0.1) is 6.07 Å². The molecule has 0 spiro atoms. The fourth-order valence-corrected chi connectivity index (χ4v) is 1.69. The van der Waals surface area contributed by atoms with Gasteiger partial charge in [0, 0.05) is 0 Å². The molecule has 0 heterocycles. The summed E-state index contributed by atoms with van der Waals surface area (Å²) in [6.45, 7) is 2.02. The third-order valence-corrected chi connectivity index (χ3v) is 2.50. The summed E-state index contributed by atoms with van der Waals surface area (Å²) >= 11 is 1.02. The minimum atomic E-state index is -0.262. The molecule has 0 aliphatic rings. The van der Waals surface area contributed by atoms with Gasteiger partial charge in [0.25, 0.3) is 0 Å². The van der Waals surface area contributed by atoms with Gasteiger partial charge < -0.3 is 0 Å². The summed E-state index contributed by atoms with van der Waals surface area (Å²) in [6, 6.07) is 10.1. The summed E-state index contributed by atoms with van der Waals surface area (Å²) in [5.74, 6) is 0. The lowest BCUT2D eigenvalue weighted by Crippen LogP contribution is -2.02. The van der Waals surface area contributed by atoms with Crippen LogP contribution in [0, 0.1) is 28.9 Å². The molecule has 0 aliphatic carbocycles. The molecular formula is C11H10N2S. The van der Waals surface area contributed by atoms with E-state index in [4.69, 9.17) is 10.5 Å². The first-order valence-electron chi connectivity index (χ1n) is 4.26. The second-order valence-corrected chi connectivity index (χ2v) is 4.01. The highest BCUT2D eigenvalue weighted by molar-refractivity contribution is 8.04. The molecule has 0 aliphatic heterocycles. The zero-order valence-corrected chi connectivity index (χ0v) is 8.71. The Balaban J connectivity index is 2.69. The maximum atomic E-state index is 8.77. The Bertz CT molecular complexity index is 387. The fraction of sp³-hybridized carbons (Fsp3) is 0.273. The van der Waals surface area contributed by atoms with Crippen LogP contribution in [0.25, 0.3) is 0 Å². The van der Waals surface area contributed by atoms with Crippen molar-refractivity contribution in [1.82, 2.24) is 0 Å². The summed E-state index contributed by atoms with van der Waals surface area (Å²) in [7, 11) is 0. The number of aryl methyl sites for hydroxylation is 1. The molecule has 2 nitrogen and oxygen atoms in total. The first-order valence-corrected chi connectivity index (χ1v) is 5.14. The van der Waals surface area contributed by atoms with E-state index in [2.05, 4.69) is 6.07 Å². The molecule has 0 aromatic heterocycles. The van der Waals surface area contributed by atoms with Gasteiger partial charge in [-0.05, 0) is 30.7 Å². The molecule has 1 atom stereocenters. The zero-order chi connectivity index (χ0) is 10.4. The van der Waals surface area contributed by atoms with Crippen LogP contribution >= 0.6 is 11.8 Å². The molecule has 0 fully saturated rings. The number of thioether (sulfide) groups is 1. The van der Waals surface area contributed by atoms with E-state index in [1.807, 2.05) is 36.6 Å². The molecule has 0 amide bonds. The number of benzene rings is 1. The molecule has 1 unspecified atom stereocenters. The highest BCUT2D eigenvalue weighted by Gasteiger charge is 2.08. The SMILES string of the molecule is Cc1cccc(CC(C#N)SC#N)c1. The van der Waals surface area contributed by atoms with E-state index in [0.717, 1.165) is 17.3 Å². The monoisotopic (exact) mass is 202 g/mol. The third-order valence-electron chi connectivity index (χ3n) is 1.84. The lowest BCUT2D eigenvalue weighted by molar-refractivity contribution is 1.03. The van der Waals surface area contributed by atoms with Crippen LogP contribution in [0.2, 0.25) is 0 Å². The van der Waals surface area contributed by atoms with Crippen molar-refractivity contribution in [2.45, 2.75) is 18.6 Å². The van der Waals surface area contributed by atoms with Gasteiger partial charge in [0.2, 0.25) is 0 Å². The van der Waals surface area contributed by atoms with Crippen molar-refractivity contribution < 1.29 is 0 Å². The molecule has 0 saturated heterocycles. The van der Waals surface area contributed by atoms with Gasteiger partial charge in [-0.3, -0.25) is 0 Å². The number of nitriles is 2. The van der Waals surface area contributed by atoms with Crippen molar-refractivity contribution >= 4 is 11.8 Å². The number of hydrogen-bond acceptors (Lipinski definition) is 3. The van der Waals surface area contributed by atoms with Crippen LogP contribution in [0.15, 0.2) is 24.3 Å². The average molecular weight is 202 g/mol. The van der Waals surface area contributed by atoms with E-state index < -0.39 is 0 Å². The van der Waals surface area contributed by atoms with Crippen molar-refractivity contribution in [3.8, 4) is 11.5 Å². The molecule has 1 rings (SSSR count). The van der Waals surface area contributed by atoms with Gasteiger partial charge in [-0.25, -0.2) is 0 Å². The van der Waals surface area contributed by atoms with Crippen LogP contribution in [-0.2, 0) is 6.42 Å². The molecule has 70 valence electrons. The summed E-state index contributed by atoms with van der Waals surface area (Å²) in [4.78, 5) is 0. The second-order valence-electron chi connectivity index (χ2n) is 3.02. The lowest BCUT2D eigenvalue weighted by atomic mass is 10.1. The van der Waals surface area contributed by atoms with Crippen LogP contribution in [0.3, 0.4) is 0 Å².